The Morgan fingerprint density at radius 2 is 1.95 bits per heavy atom. The molecule has 0 bridgehead atoms. The maximum atomic E-state index is 11.0. The van der Waals surface area contributed by atoms with Crippen molar-refractivity contribution in [1.29, 1.82) is 0 Å². The number of benzene rings is 1. The summed E-state index contributed by atoms with van der Waals surface area (Å²) in [5.74, 6) is -0.114. The topological polar surface area (TPSA) is 66.8 Å². The molecule has 2 N–H and O–H groups in total. The number of aromatic hydroxyl groups is 2. The van der Waals surface area contributed by atoms with Gasteiger partial charge in [0.05, 0.1) is 7.11 Å². The van der Waals surface area contributed by atoms with E-state index in [4.69, 9.17) is 0 Å². The third-order valence-electron chi connectivity index (χ3n) is 3.13. The van der Waals surface area contributed by atoms with Gasteiger partial charge in [-0.15, -0.1) is 0 Å². The van der Waals surface area contributed by atoms with E-state index in [2.05, 4.69) is 4.74 Å². The van der Waals surface area contributed by atoms with Crippen LogP contribution in [0.1, 0.15) is 31.4 Å². The molecule has 1 rings (SSSR count). The molecule has 4 heteroatoms. The zero-order valence-electron chi connectivity index (χ0n) is 11.7. The van der Waals surface area contributed by atoms with Gasteiger partial charge in [-0.25, -0.2) is 4.79 Å². The van der Waals surface area contributed by atoms with Crippen LogP contribution < -0.4 is 0 Å². The van der Waals surface area contributed by atoms with Crippen LogP contribution in [-0.4, -0.2) is 23.3 Å². The second kappa shape index (κ2) is 5.78. The molecule has 0 aliphatic rings. The number of hydrogen-bond donors (Lipinski definition) is 2. The molecule has 0 radical (unpaired) electrons. The Morgan fingerprint density at radius 3 is 2.53 bits per heavy atom. The van der Waals surface area contributed by atoms with Crippen molar-refractivity contribution in [3.63, 3.8) is 0 Å². The van der Waals surface area contributed by atoms with Crippen LogP contribution >= 0.6 is 0 Å². The van der Waals surface area contributed by atoms with Gasteiger partial charge in [0.25, 0.3) is 0 Å². The summed E-state index contributed by atoms with van der Waals surface area (Å²) in [5, 5.41) is 19.7. The zero-order chi connectivity index (χ0) is 14.6. The molecule has 0 spiro atoms. The lowest BCUT2D eigenvalue weighted by molar-refractivity contribution is -0.134. The monoisotopic (exact) mass is 264 g/mol. The molecular formula is C15H20O4. The SMILES string of the molecule is COC(=O)C=CCC(C)(C)c1cc(O)c(C)cc1O. The summed E-state index contributed by atoms with van der Waals surface area (Å²) in [6.07, 6.45) is 3.59. The van der Waals surface area contributed by atoms with E-state index in [9.17, 15) is 15.0 Å². The van der Waals surface area contributed by atoms with E-state index in [1.165, 1.54) is 19.3 Å². The third kappa shape index (κ3) is 3.74. The summed E-state index contributed by atoms with van der Waals surface area (Å²) >= 11 is 0. The molecule has 0 amide bonds. The normalized spacial score (nSPS) is 11.8. The Hall–Kier alpha value is -1.97. The highest BCUT2D eigenvalue weighted by Crippen LogP contribution is 2.37. The molecule has 1 aromatic carbocycles. The van der Waals surface area contributed by atoms with Crippen molar-refractivity contribution in [2.45, 2.75) is 32.6 Å². The molecule has 0 atom stereocenters. The number of esters is 1. The van der Waals surface area contributed by atoms with E-state index < -0.39 is 11.4 Å². The fraction of sp³-hybridized carbons (Fsp3) is 0.400. The molecule has 19 heavy (non-hydrogen) atoms. The molecule has 0 saturated heterocycles. The Balaban J connectivity index is 2.97. The smallest absolute Gasteiger partial charge is 0.330 e. The lowest BCUT2D eigenvalue weighted by Gasteiger charge is -2.25. The number of aryl methyl sites for hydroxylation is 1. The summed E-state index contributed by atoms with van der Waals surface area (Å²) in [5.41, 5.74) is 0.868. The summed E-state index contributed by atoms with van der Waals surface area (Å²) < 4.78 is 4.51. The van der Waals surface area contributed by atoms with E-state index in [1.807, 2.05) is 13.8 Å². The summed E-state index contributed by atoms with van der Waals surface area (Å²) in [4.78, 5) is 11.0. The van der Waals surface area contributed by atoms with Gasteiger partial charge in [-0.1, -0.05) is 19.9 Å². The number of phenols is 2. The predicted molar refractivity (Wildman–Crippen MR) is 73.3 cm³/mol. The molecule has 104 valence electrons. The van der Waals surface area contributed by atoms with E-state index in [0.717, 1.165) is 0 Å². The van der Waals surface area contributed by atoms with Crippen molar-refractivity contribution >= 4 is 5.97 Å². The molecule has 4 nitrogen and oxygen atoms in total. The quantitative estimate of drug-likeness (QED) is 0.498. The minimum absolute atomic E-state index is 0.145. The molecule has 0 fully saturated rings. The van der Waals surface area contributed by atoms with Crippen LogP contribution in [-0.2, 0) is 14.9 Å². The molecule has 0 aromatic heterocycles. The zero-order valence-corrected chi connectivity index (χ0v) is 11.7. The second-order valence-electron chi connectivity index (χ2n) is 5.17. The van der Waals surface area contributed by atoms with Gasteiger partial charge in [0.2, 0.25) is 0 Å². The minimum atomic E-state index is -0.410. The highest BCUT2D eigenvalue weighted by Gasteiger charge is 2.24. The minimum Gasteiger partial charge on any atom is -0.508 e. The fourth-order valence-electron chi connectivity index (χ4n) is 1.85. The largest absolute Gasteiger partial charge is 0.508 e. The van der Waals surface area contributed by atoms with Crippen molar-refractivity contribution in [3.8, 4) is 11.5 Å². The molecule has 0 heterocycles. The third-order valence-corrected chi connectivity index (χ3v) is 3.13. The van der Waals surface area contributed by atoms with Gasteiger partial charge in [-0.3, -0.25) is 0 Å². The van der Waals surface area contributed by atoms with Crippen LogP contribution in [0.15, 0.2) is 24.3 Å². The van der Waals surface area contributed by atoms with Crippen molar-refractivity contribution in [1.82, 2.24) is 0 Å². The van der Waals surface area contributed by atoms with Crippen LogP contribution in [0.25, 0.3) is 0 Å². The summed E-state index contributed by atoms with van der Waals surface area (Å²) in [6.45, 7) is 5.58. The lowest BCUT2D eigenvalue weighted by atomic mass is 9.80. The lowest BCUT2D eigenvalue weighted by Crippen LogP contribution is -2.16. The average Bonchev–Trinajstić information content (AvgIpc) is 2.33. The van der Waals surface area contributed by atoms with Gasteiger partial charge in [-0.05, 0) is 36.5 Å². The standard InChI is InChI=1S/C15H20O4/c1-10-8-13(17)11(9-12(10)16)15(2,3)7-5-6-14(18)19-4/h5-6,8-9,16-17H,7H2,1-4H3. The van der Waals surface area contributed by atoms with Crippen LogP contribution in [0.2, 0.25) is 0 Å². The van der Waals surface area contributed by atoms with Crippen LogP contribution in [0.4, 0.5) is 0 Å². The molecule has 0 aliphatic carbocycles. The highest BCUT2D eigenvalue weighted by molar-refractivity contribution is 5.81. The van der Waals surface area contributed by atoms with E-state index in [0.29, 0.717) is 17.5 Å². The first-order valence-corrected chi connectivity index (χ1v) is 6.05. The Kier molecular flexibility index (Phi) is 4.59. The number of rotatable bonds is 4. The Morgan fingerprint density at radius 1 is 1.32 bits per heavy atom. The first-order chi connectivity index (χ1) is 8.77. The van der Waals surface area contributed by atoms with Gasteiger partial charge in [0.1, 0.15) is 11.5 Å². The van der Waals surface area contributed by atoms with Crippen molar-refractivity contribution in [2.24, 2.45) is 0 Å². The molecule has 0 aliphatic heterocycles. The molecule has 0 saturated carbocycles. The number of allylic oxidation sites excluding steroid dienone is 1. The average molecular weight is 264 g/mol. The van der Waals surface area contributed by atoms with Gasteiger partial charge in [-0.2, -0.15) is 0 Å². The summed E-state index contributed by atoms with van der Waals surface area (Å²) in [6, 6.07) is 3.10. The molecular weight excluding hydrogens is 244 g/mol. The number of carbonyl (C=O) groups is 1. The molecule has 0 unspecified atom stereocenters. The van der Waals surface area contributed by atoms with Crippen molar-refractivity contribution in [2.75, 3.05) is 7.11 Å². The van der Waals surface area contributed by atoms with Gasteiger partial charge < -0.3 is 14.9 Å². The fourth-order valence-corrected chi connectivity index (χ4v) is 1.85. The van der Waals surface area contributed by atoms with Gasteiger partial charge >= 0.3 is 5.97 Å². The highest BCUT2D eigenvalue weighted by atomic mass is 16.5. The predicted octanol–water partition coefficient (Wildman–Crippen LogP) is 2.80. The number of methoxy groups -OCH3 is 1. The van der Waals surface area contributed by atoms with E-state index in [-0.39, 0.29) is 11.5 Å². The van der Waals surface area contributed by atoms with Gasteiger partial charge in [0.15, 0.2) is 0 Å². The van der Waals surface area contributed by atoms with Gasteiger partial charge in [0, 0.05) is 11.6 Å². The number of ether oxygens (including phenoxy) is 1. The molecule has 1 aromatic rings. The Labute approximate surface area is 113 Å². The maximum absolute atomic E-state index is 11.0. The van der Waals surface area contributed by atoms with Crippen LogP contribution in [0, 0.1) is 6.92 Å². The van der Waals surface area contributed by atoms with Crippen molar-refractivity contribution < 1.29 is 19.7 Å². The van der Waals surface area contributed by atoms with Crippen LogP contribution in [0.5, 0.6) is 11.5 Å². The first kappa shape index (κ1) is 15.1. The van der Waals surface area contributed by atoms with E-state index >= 15 is 0 Å². The Bertz CT molecular complexity index is 501. The second-order valence-corrected chi connectivity index (χ2v) is 5.17. The number of phenolic OH excluding ortho intramolecular Hbond substituents is 2. The number of carbonyl (C=O) groups excluding carboxylic acids is 1. The maximum Gasteiger partial charge on any atom is 0.330 e. The summed E-state index contributed by atoms with van der Waals surface area (Å²) in [7, 11) is 1.32. The van der Waals surface area contributed by atoms with Crippen LogP contribution in [0.3, 0.4) is 0 Å². The van der Waals surface area contributed by atoms with E-state index in [1.54, 1.807) is 19.1 Å². The van der Waals surface area contributed by atoms with Crippen molar-refractivity contribution in [3.05, 3.63) is 35.4 Å². The first-order valence-electron chi connectivity index (χ1n) is 6.05. The number of hydrogen-bond acceptors (Lipinski definition) is 4.